The van der Waals surface area contributed by atoms with Crippen LogP contribution in [0.15, 0.2) is 54.6 Å². The number of nitrogens with zero attached hydrogens (tertiary/aromatic N) is 1. The van der Waals surface area contributed by atoms with Crippen molar-refractivity contribution in [2.45, 2.75) is 44.1 Å². The van der Waals surface area contributed by atoms with E-state index < -0.39 is 12.0 Å². The van der Waals surface area contributed by atoms with Gasteiger partial charge in [0.1, 0.15) is 6.04 Å². The Hall–Kier alpha value is -3.19. The predicted molar refractivity (Wildman–Crippen MR) is 126 cm³/mol. The first kappa shape index (κ1) is 23.0. The van der Waals surface area contributed by atoms with E-state index in [1.54, 1.807) is 17.0 Å². The first-order chi connectivity index (χ1) is 16.0. The Morgan fingerprint density at radius 3 is 2.24 bits per heavy atom. The molecule has 0 aromatic heterocycles. The smallest absolute Gasteiger partial charge is 0.335 e. The summed E-state index contributed by atoms with van der Waals surface area (Å²) < 4.78 is 0. The summed E-state index contributed by atoms with van der Waals surface area (Å²) in [6.45, 7) is 1.18. The fourth-order valence-corrected chi connectivity index (χ4v) is 5.10. The highest BCUT2D eigenvalue weighted by molar-refractivity contribution is 5.98. The van der Waals surface area contributed by atoms with Crippen LogP contribution >= 0.6 is 0 Å². The van der Waals surface area contributed by atoms with Crippen LogP contribution in [-0.4, -0.2) is 46.9 Å². The predicted octanol–water partition coefficient (Wildman–Crippen LogP) is 3.47. The van der Waals surface area contributed by atoms with Crippen LogP contribution in [0.3, 0.4) is 0 Å². The van der Waals surface area contributed by atoms with Crippen molar-refractivity contribution in [1.29, 1.82) is 0 Å². The van der Waals surface area contributed by atoms with Gasteiger partial charge < -0.3 is 21.1 Å². The summed E-state index contributed by atoms with van der Waals surface area (Å²) in [7, 11) is 0. The van der Waals surface area contributed by atoms with E-state index in [4.69, 9.17) is 10.8 Å². The molecule has 2 aliphatic rings. The quantitative estimate of drug-likeness (QED) is 0.625. The molecule has 4 N–H and O–H groups in total. The number of carboxylic acids is 1. The molecule has 1 aliphatic carbocycles. The summed E-state index contributed by atoms with van der Waals surface area (Å²) in [5, 5.41) is 12.0. The van der Waals surface area contributed by atoms with Crippen LogP contribution < -0.4 is 11.1 Å². The summed E-state index contributed by atoms with van der Waals surface area (Å²) in [5.41, 5.74) is 7.61. The van der Waals surface area contributed by atoms with E-state index in [2.05, 4.69) is 5.32 Å². The Labute approximate surface area is 194 Å². The number of hydrogen-bond acceptors (Lipinski definition) is 4. The Morgan fingerprint density at radius 1 is 0.970 bits per heavy atom. The summed E-state index contributed by atoms with van der Waals surface area (Å²) in [5.74, 6) is -0.674. The molecule has 33 heavy (non-hydrogen) atoms. The molecule has 1 saturated heterocycles. The van der Waals surface area contributed by atoms with E-state index in [0.717, 1.165) is 31.2 Å². The Morgan fingerprint density at radius 2 is 1.64 bits per heavy atom. The average Bonchev–Trinajstić information content (AvgIpc) is 3.30. The van der Waals surface area contributed by atoms with Crippen LogP contribution in [0.25, 0.3) is 0 Å². The van der Waals surface area contributed by atoms with Crippen molar-refractivity contribution in [3.8, 4) is 0 Å². The SMILES string of the molecule is NCC1CCC(C(=O)N2C[C@@H](c3ccccc3)C[C@H]2C(=O)Nc2ccc(C(=O)O)cc2)CC1. The molecule has 1 aliphatic heterocycles. The van der Waals surface area contributed by atoms with Crippen LogP contribution in [0.2, 0.25) is 0 Å². The topological polar surface area (TPSA) is 113 Å². The van der Waals surface area contributed by atoms with Gasteiger partial charge in [0, 0.05) is 24.1 Å². The third kappa shape index (κ3) is 5.25. The van der Waals surface area contributed by atoms with Crippen LogP contribution in [0.4, 0.5) is 5.69 Å². The zero-order chi connectivity index (χ0) is 23.4. The second-order valence-corrected chi connectivity index (χ2v) is 9.17. The largest absolute Gasteiger partial charge is 0.478 e. The number of carboxylic acid groups (broad SMARTS) is 1. The van der Waals surface area contributed by atoms with Crippen molar-refractivity contribution in [1.82, 2.24) is 4.90 Å². The first-order valence-corrected chi connectivity index (χ1v) is 11.7. The molecule has 7 heteroatoms. The van der Waals surface area contributed by atoms with Crippen LogP contribution in [-0.2, 0) is 9.59 Å². The lowest BCUT2D eigenvalue weighted by Crippen LogP contribution is -2.46. The molecule has 4 rings (SSSR count). The summed E-state index contributed by atoms with van der Waals surface area (Å²) in [4.78, 5) is 39.6. The molecule has 0 spiro atoms. The van der Waals surface area contributed by atoms with Gasteiger partial charge in [0.25, 0.3) is 0 Å². The van der Waals surface area contributed by atoms with E-state index in [1.165, 1.54) is 12.1 Å². The minimum Gasteiger partial charge on any atom is -0.478 e. The lowest BCUT2D eigenvalue weighted by atomic mass is 9.81. The second-order valence-electron chi connectivity index (χ2n) is 9.17. The first-order valence-electron chi connectivity index (χ1n) is 11.7. The van der Waals surface area contributed by atoms with E-state index >= 15 is 0 Å². The van der Waals surface area contributed by atoms with E-state index in [-0.39, 0.29) is 29.2 Å². The Balaban J connectivity index is 1.51. The molecule has 0 unspecified atom stereocenters. The number of aromatic carboxylic acids is 1. The van der Waals surface area contributed by atoms with Gasteiger partial charge in [0.05, 0.1) is 5.56 Å². The molecule has 0 bridgehead atoms. The number of amides is 2. The molecule has 7 nitrogen and oxygen atoms in total. The number of rotatable bonds is 6. The van der Waals surface area contributed by atoms with Crippen molar-refractivity contribution >= 4 is 23.5 Å². The highest BCUT2D eigenvalue weighted by Crippen LogP contribution is 2.36. The minimum atomic E-state index is -1.02. The van der Waals surface area contributed by atoms with Gasteiger partial charge in [-0.3, -0.25) is 9.59 Å². The molecule has 2 aromatic carbocycles. The van der Waals surface area contributed by atoms with Gasteiger partial charge in [0.15, 0.2) is 0 Å². The molecule has 2 atom stereocenters. The molecular formula is C26H31N3O4. The molecule has 174 valence electrons. The summed E-state index contributed by atoms with van der Waals surface area (Å²) >= 11 is 0. The zero-order valence-corrected chi connectivity index (χ0v) is 18.7. The van der Waals surface area contributed by atoms with Crippen molar-refractivity contribution in [3.05, 3.63) is 65.7 Å². The standard InChI is InChI=1S/C26H31N3O4/c27-15-17-6-8-19(9-7-17)25(31)29-16-21(18-4-2-1-3-5-18)14-23(29)24(30)28-22-12-10-20(11-13-22)26(32)33/h1-5,10-13,17,19,21,23H,6-9,14-16,27H2,(H,28,30)(H,32,33)/t17?,19?,21-,23-/m0/s1. The lowest BCUT2D eigenvalue weighted by molar-refractivity contribution is -0.141. The van der Waals surface area contributed by atoms with Gasteiger partial charge in [-0.2, -0.15) is 0 Å². The number of nitrogens with one attached hydrogen (secondary N) is 1. The normalized spacial score (nSPS) is 24.9. The third-order valence-corrected chi connectivity index (χ3v) is 7.09. The summed E-state index contributed by atoms with van der Waals surface area (Å²) in [6, 6.07) is 15.5. The maximum Gasteiger partial charge on any atom is 0.335 e. The van der Waals surface area contributed by atoms with Crippen molar-refractivity contribution in [2.24, 2.45) is 17.6 Å². The van der Waals surface area contributed by atoms with E-state index in [1.807, 2.05) is 30.3 Å². The monoisotopic (exact) mass is 449 g/mol. The Kier molecular flexibility index (Phi) is 7.08. The van der Waals surface area contributed by atoms with E-state index in [0.29, 0.717) is 31.1 Å². The number of likely N-dealkylation sites (tertiary alicyclic amines) is 1. The van der Waals surface area contributed by atoms with Gasteiger partial charge in [-0.05, 0) is 74.4 Å². The van der Waals surface area contributed by atoms with E-state index in [9.17, 15) is 14.4 Å². The Bertz CT molecular complexity index is 984. The fraction of sp³-hybridized carbons (Fsp3) is 0.423. The van der Waals surface area contributed by atoms with Gasteiger partial charge in [-0.1, -0.05) is 30.3 Å². The van der Waals surface area contributed by atoms with Crippen LogP contribution in [0.1, 0.15) is 53.9 Å². The maximum atomic E-state index is 13.5. The van der Waals surface area contributed by atoms with Crippen molar-refractivity contribution < 1.29 is 19.5 Å². The number of anilines is 1. The van der Waals surface area contributed by atoms with Crippen LogP contribution in [0.5, 0.6) is 0 Å². The highest BCUT2D eigenvalue weighted by Gasteiger charge is 2.42. The molecular weight excluding hydrogens is 418 g/mol. The molecule has 1 saturated carbocycles. The lowest BCUT2D eigenvalue weighted by Gasteiger charge is -2.32. The number of hydrogen-bond donors (Lipinski definition) is 3. The number of carbonyl (C=O) groups is 3. The minimum absolute atomic E-state index is 0.0604. The molecule has 1 heterocycles. The fourth-order valence-electron chi connectivity index (χ4n) is 5.10. The highest BCUT2D eigenvalue weighted by atomic mass is 16.4. The van der Waals surface area contributed by atoms with Crippen molar-refractivity contribution in [3.63, 3.8) is 0 Å². The molecule has 2 fully saturated rings. The number of nitrogens with two attached hydrogens (primary N) is 1. The molecule has 2 aromatic rings. The number of benzene rings is 2. The average molecular weight is 450 g/mol. The van der Waals surface area contributed by atoms with Crippen LogP contribution in [0, 0.1) is 11.8 Å². The molecule has 2 amide bonds. The summed E-state index contributed by atoms with van der Waals surface area (Å²) in [6.07, 6.45) is 4.11. The maximum absolute atomic E-state index is 13.5. The molecule has 0 radical (unpaired) electrons. The van der Waals surface area contributed by atoms with Gasteiger partial charge in [-0.25, -0.2) is 4.79 Å². The number of carbonyl (C=O) groups excluding carboxylic acids is 2. The second kappa shape index (κ2) is 10.2. The van der Waals surface area contributed by atoms with Crippen molar-refractivity contribution in [2.75, 3.05) is 18.4 Å². The van der Waals surface area contributed by atoms with Gasteiger partial charge in [-0.15, -0.1) is 0 Å². The van der Waals surface area contributed by atoms with Gasteiger partial charge >= 0.3 is 5.97 Å². The van der Waals surface area contributed by atoms with Gasteiger partial charge in [0.2, 0.25) is 11.8 Å². The zero-order valence-electron chi connectivity index (χ0n) is 18.7. The third-order valence-electron chi connectivity index (χ3n) is 7.09.